The third-order valence-corrected chi connectivity index (χ3v) is 5.50. The van der Waals surface area contributed by atoms with Crippen molar-refractivity contribution >= 4 is 22.5 Å². The molecule has 0 atom stereocenters. The van der Waals surface area contributed by atoms with Gasteiger partial charge in [0.2, 0.25) is 0 Å². The molecule has 0 saturated carbocycles. The number of aromatic nitrogens is 3. The van der Waals surface area contributed by atoms with Crippen molar-refractivity contribution in [2.24, 2.45) is 0 Å². The Bertz CT molecular complexity index is 1480. The lowest BCUT2D eigenvalue weighted by Gasteiger charge is -2.10. The number of amides is 1. The maximum atomic E-state index is 13.4. The molecule has 0 aliphatic carbocycles. The van der Waals surface area contributed by atoms with Crippen LogP contribution in [0.15, 0.2) is 91.3 Å². The number of pyridine rings is 1. The molecule has 0 radical (unpaired) electrons. The number of hydrogen-bond donors (Lipinski definition) is 1. The molecule has 1 N–H and O–H groups in total. The Morgan fingerprint density at radius 1 is 0.882 bits per heavy atom. The summed E-state index contributed by atoms with van der Waals surface area (Å²) < 4.78 is 12.5. The van der Waals surface area contributed by atoms with Crippen LogP contribution in [0.4, 0.5) is 5.69 Å². The van der Waals surface area contributed by atoms with Gasteiger partial charge in [-0.05, 0) is 54.6 Å². The maximum Gasteiger partial charge on any atom is 0.259 e. The topological polar surface area (TPSA) is 78.3 Å². The predicted molar refractivity (Wildman–Crippen MR) is 132 cm³/mol. The fourth-order valence-electron chi connectivity index (χ4n) is 3.80. The summed E-state index contributed by atoms with van der Waals surface area (Å²) in [7, 11) is 3.16. The van der Waals surface area contributed by atoms with Gasteiger partial charge in [-0.3, -0.25) is 9.78 Å². The zero-order valence-corrected chi connectivity index (χ0v) is 18.7. The van der Waals surface area contributed by atoms with Crippen LogP contribution in [-0.4, -0.2) is 34.9 Å². The van der Waals surface area contributed by atoms with E-state index in [0.29, 0.717) is 28.4 Å². The molecule has 2 heterocycles. The molecule has 0 aliphatic rings. The number of para-hydroxylation sites is 1. The Kier molecular flexibility index (Phi) is 5.66. The minimum Gasteiger partial charge on any atom is -0.493 e. The Balaban J connectivity index is 1.57. The summed E-state index contributed by atoms with van der Waals surface area (Å²) in [4.78, 5) is 17.8. The fraction of sp³-hybridized carbons (Fsp3) is 0.0741. The second-order valence-electron chi connectivity index (χ2n) is 7.61. The largest absolute Gasteiger partial charge is 0.493 e. The van der Waals surface area contributed by atoms with Gasteiger partial charge in [0.1, 0.15) is 5.69 Å². The number of nitrogens with one attached hydrogen (secondary N) is 1. The molecule has 5 aromatic rings. The van der Waals surface area contributed by atoms with E-state index in [-0.39, 0.29) is 5.91 Å². The lowest BCUT2D eigenvalue weighted by Crippen LogP contribution is -2.12. The van der Waals surface area contributed by atoms with Crippen molar-refractivity contribution in [3.8, 4) is 28.4 Å². The van der Waals surface area contributed by atoms with Gasteiger partial charge in [-0.15, -0.1) is 0 Å². The molecule has 0 unspecified atom stereocenters. The van der Waals surface area contributed by atoms with Crippen molar-refractivity contribution in [1.82, 2.24) is 14.8 Å². The van der Waals surface area contributed by atoms with Crippen LogP contribution in [0.1, 0.15) is 10.4 Å². The summed E-state index contributed by atoms with van der Waals surface area (Å²) >= 11 is 0. The zero-order chi connectivity index (χ0) is 23.5. The van der Waals surface area contributed by atoms with Crippen LogP contribution in [0.5, 0.6) is 11.5 Å². The number of rotatable bonds is 6. The smallest absolute Gasteiger partial charge is 0.259 e. The Labute approximate surface area is 196 Å². The first-order valence-corrected chi connectivity index (χ1v) is 10.7. The average Bonchev–Trinajstić information content (AvgIpc) is 3.34. The molecular weight excluding hydrogens is 428 g/mol. The van der Waals surface area contributed by atoms with Crippen LogP contribution < -0.4 is 14.8 Å². The first-order chi connectivity index (χ1) is 16.7. The summed E-state index contributed by atoms with van der Waals surface area (Å²) in [6.07, 6.45) is 3.48. The van der Waals surface area contributed by atoms with Gasteiger partial charge in [-0.1, -0.05) is 24.3 Å². The Morgan fingerprint density at radius 2 is 1.71 bits per heavy atom. The highest BCUT2D eigenvalue weighted by molar-refractivity contribution is 6.08. The summed E-state index contributed by atoms with van der Waals surface area (Å²) in [5.41, 5.74) is 4.09. The molecule has 5 rings (SSSR count). The molecule has 1 amide bonds. The third-order valence-electron chi connectivity index (χ3n) is 5.50. The van der Waals surface area contributed by atoms with Gasteiger partial charge in [-0.2, -0.15) is 5.10 Å². The van der Waals surface area contributed by atoms with Gasteiger partial charge in [0.15, 0.2) is 11.5 Å². The van der Waals surface area contributed by atoms with E-state index in [1.807, 2.05) is 72.8 Å². The van der Waals surface area contributed by atoms with Crippen LogP contribution >= 0.6 is 0 Å². The highest BCUT2D eigenvalue weighted by Gasteiger charge is 2.20. The van der Waals surface area contributed by atoms with Gasteiger partial charge in [0.25, 0.3) is 5.91 Å². The molecule has 3 aromatic carbocycles. The van der Waals surface area contributed by atoms with E-state index in [1.165, 1.54) is 0 Å². The van der Waals surface area contributed by atoms with Gasteiger partial charge in [-0.25, -0.2) is 4.68 Å². The molecule has 7 heteroatoms. The van der Waals surface area contributed by atoms with Crippen LogP contribution in [-0.2, 0) is 0 Å². The van der Waals surface area contributed by atoms with Gasteiger partial charge < -0.3 is 14.8 Å². The number of benzene rings is 3. The fourth-order valence-corrected chi connectivity index (χ4v) is 3.80. The average molecular weight is 450 g/mol. The van der Waals surface area contributed by atoms with Crippen molar-refractivity contribution < 1.29 is 14.3 Å². The van der Waals surface area contributed by atoms with E-state index < -0.39 is 0 Å². The summed E-state index contributed by atoms with van der Waals surface area (Å²) in [6.45, 7) is 0. The molecule has 0 bridgehead atoms. The number of methoxy groups -OCH3 is 2. The standard InChI is InChI=1S/C27H22N4O3/c1-33-24-13-10-19(16-25(24)34-2)26-22(17-31(30-26)21-8-4-3-5-9-21)27(32)29-20-11-12-23-18(15-20)7-6-14-28-23/h3-17H,1-2H3,(H,29,32). The summed E-state index contributed by atoms with van der Waals surface area (Å²) in [5.74, 6) is 0.891. The number of nitrogens with zero attached hydrogens (tertiary/aromatic N) is 3. The monoisotopic (exact) mass is 450 g/mol. The number of fused-ring (bicyclic) bond motifs is 1. The number of carbonyl (C=O) groups excluding carboxylic acids is 1. The van der Waals surface area contributed by atoms with E-state index >= 15 is 0 Å². The number of ether oxygens (including phenoxy) is 2. The Morgan fingerprint density at radius 3 is 2.50 bits per heavy atom. The van der Waals surface area contributed by atoms with Crippen LogP contribution in [0.3, 0.4) is 0 Å². The molecule has 34 heavy (non-hydrogen) atoms. The Hall–Kier alpha value is -4.65. The first-order valence-electron chi connectivity index (χ1n) is 10.7. The minimum atomic E-state index is -0.268. The molecule has 0 fully saturated rings. The second-order valence-corrected chi connectivity index (χ2v) is 7.61. The van der Waals surface area contributed by atoms with Crippen molar-refractivity contribution in [2.45, 2.75) is 0 Å². The predicted octanol–water partition coefficient (Wildman–Crippen LogP) is 5.36. The lowest BCUT2D eigenvalue weighted by atomic mass is 10.1. The van der Waals surface area contributed by atoms with Crippen LogP contribution in [0.2, 0.25) is 0 Å². The molecule has 168 valence electrons. The van der Waals surface area contributed by atoms with Crippen molar-refractivity contribution in [3.05, 3.63) is 96.8 Å². The van der Waals surface area contributed by atoms with Gasteiger partial charge in [0.05, 0.1) is 31.0 Å². The summed E-state index contributed by atoms with van der Waals surface area (Å²) in [6, 6.07) is 24.6. The van der Waals surface area contributed by atoms with Crippen LogP contribution in [0, 0.1) is 0 Å². The van der Waals surface area contributed by atoms with E-state index in [1.54, 1.807) is 37.4 Å². The van der Waals surface area contributed by atoms with E-state index in [9.17, 15) is 4.79 Å². The lowest BCUT2D eigenvalue weighted by molar-refractivity contribution is 0.102. The molecule has 7 nitrogen and oxygen atoms in total. The normalized spacial score (nSPS) is 10.8. The molecular formula is C27H22N4O3. The number of anilines is 1. The van der Waals surface area contributed by atoms with Gasteiger partial charge in [0, 0.05) is 29.0 Å². The maximum absolute atomic E-state index is 13.4. The third kappa shape index (κ3) is 4.06. The quantitative estimate of drug-likeness (QED) is 0.377. The molecule has 0 spiro atoms. The van der Waals surface area contributed by atoms with Crippen molar-refractivity contribution in [1.29, 1.82) is 0 Å². The highest BCUT2D eigenvalue weighted by Crippen LogP contribution is 2.33. The summed E-state index contributed by atoms with van der Waals surface area (Å²) in [5, 5.41) is 8.69. The van der Waals surface area contributed by atoms with E-state index in [4.69, 9.17) is 14.6 Å². The van der Waals surface area contributed by atoms with Gasteiger partial charge >= 0.3 is 0 Å². The number of carbonyl (C=O) groups is 1. The molecule has 2 aromatic heterocycles. The van der Waals surface area contributed by atoms with Crippen molar-refractivity contribution in [2.75, 3.05) is 19.5 Å². The van der Waals surface area contributed by atoms with Crippen LogP contribution in [0.25, 0.3) is 27.8 Å². The van der Waals surface area contributed by atoms with Crippen molar-refractivity contribution in [3.63, 3.8) is 0 Å². The first kappa shape index (κ1) is 21.2. The number of hydrogen-bond acceptors (Lipinski definition) is 5. The minimum absolute atomic E-state index is 0.268. The second kappa shape index (κ2) is 9.07. The molecule has 0 aliphatic heterocycles. The molecule has 0 saturated heterocycles. The zero-order valence-electron chi connectivity index (χ0n) is 18.7. The van der Waals surface area contributed by atoms with E-state index in [2.05, 4.69) is 10.3 Å². The van der Waals surface area contributed by atoms with E-state index in [0.717, 1.165) is 22.2 Å². The SMILES string of the molecule is COc1ccc(-c2nn(-c3ccccc3)cc2C(=O)Nc2ccc3ncccc3c2)cc1OC. The highest BCUT2D eigenvalue weighted by atomic mass is 16.5.